The molecule has 0 unspecified atom stereocenters. The van der Waals surface area contributed by atoms with E-state index in [-0.39, 0.29) is 12.1 Å². The molecule has 1 saturated carbocycles. The second-order valence-corrected chi connectivity index (χ2v) is 7.39. The van der Waals surface area contributed by atoms with E-state index in [9.17, 15) is 5.11 Å². The quantitative estimate of drug-likeness (QED) is 0.881. The molecule has 124 valence electrons. The molecule has 0 spiro atoms. The maximum absolute atomic E-state index is 10.1. The molecule has 1 saturated heterocycles. The molecule has 4 rings (SSSR count). The van der Waals surface area contributed by atoms with E-state index in [1.54, 1.807) is 0 Å². The minimum absolute atomic E-state index is 0.195. The number of rotatable bonds is 5. The number of nitrogens with zero attached hydrogens (tertiary/aromatic N) is 2. The van der Waals surface area contributed by atoms with Gasteiger partial charge in [0.1, 0.15) is 0 Å². The molecular weight excluding hydrogens is 310 g/mol. The van der Waals surface area contributed by atoms with Crippen molar-refractivity contribution in [2.75, 3.05) is 6.54 Å². The number of aliphatic hydroxyl groups excluding tert-OH is 1. The minimum atomic E-state index is -0.195. The number of halogens is 1. The van der Waals surface area contributed by atoms with Crippen LogP contribution in [0.4, 0.5) is 0 Å². The SMILES string of the molecule is O[C@H]1CCCN[C@@H]1CCCn1nc(C2CC2)c2cc(Cl)ccc21. The predicted molar refractivity (Wildman–Crippen MR) is 93.0 cm³/mol. The van der Waals surface area contributed by atoms with Crippen molar-refractivity contribution >= 4 is 22.5 Å². The molecule has 2 N–H and O–H groups in total. The topological polar surface area (TPSA) is 50.1 Å². The number of piperidine rings is 1. The lowest BCUT2D eigenvalue weighted by Crippen LogP contribution is -2.44. The molecule has 23 heavy (non-hydrogen) atoms. The first kappa shape index (κ1) is 15.4. The molecule has 1 aliphatic carbocycles. The van der Waals surface area contributed by atoms with Crippen molar-refractivity contribution in [3.63, 3.8) is 0 Å². The fourth-order valence-corrected chi connectivity index (χ4v) is 3.87. The van der Waals surface area contributed by atoms with Gasteiger partial charge in [0.15, 0.2) is 0 Å². The molecule has 0 radical (unpaired) electrons. The van der Waals surface area contributed by atoms with E-state index in [4.69, 9.17) is 16.7 Å². The van der Waals surface area contributed by atoms with Crippen molar-refractivity contribution < 1.29 is 5.11 Å². The number of aryl methyl sites for hydroxylation is 1. The van der Waals surface area contributed by atoms with Gasteiger partial charge in [-0.15, -0.1) is 0 Å². The van der Waals surface area contributed by atoms with Crippen LogP contribution in [-0.2, 0) is 6.54 Å². The summed E-state index contributed by atoms with van der Waals surface area (Å²) < 4.78 is 2.13. The number of benzene rings is 1. The minimum Gasteiger partial charge on any atom is -0.392 e. The fourth-order valence-electron chi connectivity index (χ4n) is 3.70. The zero-order chi connectivity index (χ0) is 15.8. The number of hydrogen-bond donors (Lipinski definition) is 2. The highest BCUT2D eigenvalue weighted by atomic mass is 35.5. The number of hydrogen-bond acceptors (Lipinski definition) is 3. The van der Waals surface area contributed by atoms with Gasteiger partial charge in [0.25, 0.3) is 0 Å². The zero-order valence-corrected chi connectivity index (χ0v) is 14.1. The summed E-state index contributed by atoms with van der Waals surface area (Å²) in [6.07, 6.45) is 6.32. The third-order valence-corrected chi connectivity index (χ3v) is 5.37. The van der Waals surface area contributed by atoms with E-state index >= 15 is 0 Å². The Labute approximate surface area is 141 Å². The van der Waals surface area contributed by atoms with Gasteiger partial charge in [0, 0.05) is 28.9 Å². The summed E-state index contributed by atoms with van der Waals surface area (Å²) in [6.45, 7) is 1.92. The molecule has 2 atom stereocenters. The normalized spacial score (nSPS) is 25.1. The van der Waals surface area contributed by atoms with Crippen LogP contribution < -0.4 is 5.32 Å². The average molecular weight is 334 g/mol. The second-order valence-electron chi connectivity index (χ2n) is 6.96. The highest BCUT2D eigenvalue weighted by Crippen LogP contribution is 2.42. The van der Waals surface area contributed by atoms with Gasteiger partial charge in [0.05, 0.1) is 17.3 Å². The Morgan fingerprint density at radius 1 is 1.30 bits per heavy atom. The van der Waals surface area contributed by atoms with Gasteiger partial charge in [-0.25, -0.2) is 0 Å². The summed E-state index contributed by atoms with van der Waals surface area (Å²) in [6, 6.07) is 6.33. The smallest absolute Gasteiger partial charge is 0.0734 e. The van der Waals surface area contributed by atoms with Crippen molar-refractivity contribution in [1.82, 2.24) is 15.1 Å². The fraction of sp³-hybridized carbons (Fsp3) is 0.611. The highest BCUT2D eigenvalue weighted by Gasteiger charge is 2.29. The lowest BCUT2D eigenvalue weighted by Gasteiger charge is -2.28. The number of aliphatic hydroxyl groups is 1. The molecule has 2 aromatic rings. The van der Waals surface area contributed by atoms with Gasteiger partial charge >= 0.3 is 0 Å². The molecular formula is C18H24ClN3O. The van der Waals surface area contributed by atoms with Crippen molar-refractivity contribution in [3.05, 3.63) is 28.9 Å². The number of nitrogens with one attached hydrogen (secondary N) is 1. The molecule has 1 aromatic carbocycles. The third-order valence-electron chi connectivity index (χ3n) is 5.14. The van der Waals surface area contributed by atoms with Crippen LogP contribution in [0.25, 0.3) is 10.9 Å². The van der Waals surface area contributed by atoms with Crippen LogP contribution in [0.1, 0.15) is 50.1 Å². The van der Waals surface area contributed by atoms with Crippen LogP contribution in [-0.4, -0.2) is 33.6 Å². The van der Waals surface area contributed by atoms with Crippen molar-refractivity contribution in [2.24, 2.45) is 0 Å². The van der Waals surface area contributed by atoms with Gasteiger partial charge < -0.3 is 10.4 Å². The van der Waals surface area contributed by atoms with Crippen LogP contribution in [0.15, 0.2) is 18.2 Å². The molecule has 5 heteroatoms. The Bertz CT molecular complexity index is 695. The van der Waals surface area contributed by atoms with E-state index in [1.165, 1.54) is 29.4 Å². The van der Waals surface area contributed by atoms with E-state index in [2.05, 4.69) is 22.1 Å². The standard InChI is InChI=1S/C18H24ClN3O/c19-13-7-8-16-14(11-13)18(12-5-6-12)21-22(16)10-2-3-15-17(23)4-1-9-20-15/h7-8,11-12,15,17,20,23H,1-6,9-10H2/t15-,17+/m1/s1. The zero-order valence-electron chi connectivity index (χ0n) is 13.3. The highest BCUT2D eigenvalue weighted by molar-refractivity contribution is 6.31. The lowest BCUT2D eigenvalue weighted by atomic mass is 9.97. The Kier molecular flexibility index (Phi) is 4.31. The first-order valence-electron chi connectivity index (χ1n) is 8.80. The second kappa shape index (κ2) is 6.42. The number of aromatic nitrogens is 2. The van der Waals surface area contributed by atoms with Crippen molar-refractivity contribution in [2.45, 2.75) is 63.1 Å². The van der Waals surface area contributed by atoms with E-state index in [0.29, 0.717) is 5.92 Å². The van der Waals surface area contributed by atoms with Gasteiger partial charge in [0.2, 0.25) is 0 Å². The maximum atomic E-state index is 10.1. The monoisotopic (exact) mass is 333 g/mol. The Morgan fingerprint density at radius 3 is 2.96 bits per heavy atom. The van der Waals surface area contributed by atoms with Crippen LogP contribution in [0.3, 0.4) is 0 Å². The molecule has 2 heterocycles. The van der Waals surface area contributed by atoms with Gasteiger partial charge in [-0.3, -0.25) is 4.68 Å². The Morgan fingerprint density at radius 2 is 2.17 bits per heavy atom. The largest absolute Gasteiger partial charge is 0.392 e. The van der Waals surface area contributed by atoms with E-state index < -0.39 is 0 Å². The maximum Gasteiger partial charge on any atom is 0.0734 e. The first-order chi connectivity index (χ1) is 11.2. The molecule has 4 nitrogen and oxygen atoms in total. The average Bonchev–Trinajstić information content (AvgIpc) is 3.32. The number of fused-ring (bicyclic) bond motifs is 1. The van der Waals surface area contributed by atoms with Crippen LogP contribution in [0.5, 0.6) is 0 Å². The summed E-state index contributed by atoms with van der Waals surface area (Å²) in [5.41, 5.74) is 2.41. The van der Waals surface area contributed by atoms with Crippen LogP contribution >= 0.6 is 11.6 Å². The van der Waals surface area contributed by atoms with Gasteiger partial charge in [-0.05, 0) is 63.3 Å². The summed E-state index contributed by atoms with van der Waals surface area (Å²) in [5, 5.41) is 20.4. The van der Waals surface area contributed by atoms with E-state index in [0.717, 1.165) is 43.8 Å². The third kappa shape index (κ3) is 3.25. The molecule has 0 bridgehead atoms. The van der Waals surface area contributed by atoms with Crippen molar-refractivity contribution in [1.29, 1.82) is 0 Å². The molecule has 2 aliphatic rings. The summed E-state index contributed by atoms with van der Waals surface area (Å²) in [5.74, 6) is 0.624. The van der Waals surface area contributed by atoms with Crippen molar-refractivity contribution in [3.8, 4) is 0 Å². The van der Waals surface area contributed by atoms with E-state index in [1.807, 2.05) is 6.07 Å². The van der Waals surface area contributed by atoms with Crippen LogP contribution in [0.2, 0.25) is 5.02 Å². The molecule has 1 aromatic heterocycles. The summed E-state index contributed by atoms with van der Waals surface area (Å²) in [7, 11) is 0. The van der Waals surface area contributed by atoms with Gasteiger partial charge in [-0.2, -0.15) is 5.10 Å². The molecule has 1 aliphatic heterocycles. The Hall–Kier alpha value is -1.10. The summed E-state index contributed by atoms with van der Waals surface area (Å²) >= 11 is 6.17. The van der Waals surface area contributed by atoms with Gasteiger partial charge in [-0.1, -0.05) is 11.6 Å². The predicted octanol–water partition coefficient (Wildman–Crippen LogP) is 3.46. The molecule has 2 fully saturated rings. The van der Waals surface area contributed by atoms with Crippen LogP contribution in [0, 0.1) is 0 Å². The lowest BCUT2D eigenvalue weighted by molar-refractivity contribution is 0.0908. The Balaban J connectivity index is 1.48. The molecule has 0 amide bonds. The first-order valence-corrected chi connectivity index (χ1v) is 9.17. The summed E-state index contributed by atoms with van der Waals surface area (Å²) in [4.78, 5) is 0.